The SMILES string of the molecule is CCOc1cccc(-c2cn3c(n2)c(NC)nc2ccccc23)c1. The van der Waals surface area contributed by atoms with Gasteiger partial charge in [-0.3, -0.25) is 4.40 Å². The first-order valence-electron chi connectivity index (χ1n) is 7.99. The summed E-state index contributed by atoms with van der Waals surface area (Å²) < 4.78 is 7.68. The Morgan fingerprint density at radius 1 is 1.08 bits per heavy atom. The van der Waals surface area contributed by atoms with Crippen molar-refractivity contribution in [3.05, 3.63) is 54.7 Å². The van der Waals surface area contributed by atoms with Crippen LogP contribution in [-0.4, -0.2) is 28.0 Å². The van der Waals surface area contributed by atoms with Crippen LogP contribution in [0.5, 0.6) is 5.75 Å². The number of para-hydroxylation sites is 2. The van der Waals surface area contributed by atoms with E-state index in [1.54, 1.807) is 0 Å². The van der Waals surface area contributed by atoms with Gasteiger partial charge in [0, 0.05) is 18.8 Å². The third kappa shape index (κ3) is 2.34. The first-order chi connectivity index (χ1) is 11.8. The van der Waals surface area contributed by atoms with Crippen LogP contribution in [0.2, 0.25) is 0 Å². The lowest BCUT2D eigenvalue weighted by Crippen LogP contribution is -1.98. The van der Waals surface area contributed by atoms with Crippen LogP contribution < -0.4 is 10.1 Å². The van der Waals surface area contributed by atoms with Gasteiger partial charge in [0.15, 0.2) is 11.5 Å². The fraction of sp³-hybridized carbons (Fsp3) is 0.158. The molecule has 1 N–H and O–H groups in total. The van der Waals surface area contributed by atoms with Gasteiger partial charge in [0.1, 0.15) is 5.75 Å². The van der Waals surface area contributed by atoms with Crippen molar-refractivity contribution in [2.75, 3.05) is 19.0 Å². The fourth-order valence-electron chi connectivity index (χ4n) is 2.88. The van der Waals surface area contributed by atoms with Crippen LogP contribution >= 0.6 is 0 Å². The predicted molar refractivity (Wildman–Crippen MR) is 96.6 cm³/mol. The summed E-state index contributed by atoms with van der Waals surface area (Å²) in [6.45, 7) is 2.63. The van der Waals surface area contributed by atoms with Crippen LogP contribution in [0.1, 0.15) is 6.92 Å². The number of benzene rings is 2. The topological polar surface area (TPSA) is 51.5 Å². The maximum atomic E-state index is 5.60. The van der Waals surface area contributed by atoms with Gasteiger partial charge in [-0.2, -0.15) is 0 Å². The number of imidazole rings is 1. The number of hydrogen-bond donors (Lipinski definition) is 1. The Balaban J connectivity index is 1.95. The Morgan fingerprint density at radius 2 is 1.96 bits per heavy atom. The van der Waals surface area contributed by atoms with E-state index in [0.29, 0.717) is 6.61 Å². The molecule has 0 saturated heterocycles. The molecule has 0 unspecified atom stereocenters. The minimum Gasteiger partial charge on any atom is -0.494 e. The van der Waals surface area contributed by atoms with Crippen molar-refractivity contribution in [3.8, 4) is 17.0 Å². The summed E-state index contributed by atoms with van der Waals surface area (Å²) >= 11 is 0. The second-order valence-corrected chi connectivity index (χ2v) is 5.48. The number of fused-ring (bicyclic) bond motifs is 3. The summed E-state index contributed by atoms with van der Waals surface area (Å²) in [7, 11) is 1.86. The molecule has 0 spiro atoms. The molecule has 2 aromatic heterocycles. The number of hydrogen-bond acceptors (Lipinski definition) is 4. The van der Waals surface area contributed by atoms with Gasteiger partial charge in [-0.15, -0.1) is 0 Å². The zero-order valence-electron chi connectivity index (χ0n) is 13.7. The largest absolute Gasteiger partial charge is 0.494 e. The van der Waals surface area contributed by atoms with E-state index in [1.165, 1.54) is 0 Å². The molecule has 0 aliphatic rings. The average Bonchev–Trinajstić information content (AvgIpc) is 3.07. The highest BCUT2D eigenvalue weighted by atomic mass is 16.5. The quantitative estimate of drug-likeness (QED) is 0.618. The molecule has 0 atom stereocenters. The van der Waals surface area contributed by atoms with Crippen LogP contribution in [0.15, 0.2) is 54.7 Å². The van der Waals surface area contributed by atoms with Crippen LogP contribution in [0.25, 0.3) is 27.9 Å². The van der Waals surface area contributed by atoms with Gasteiger partial charge in [0.2, 0.25) is 0 Å². The Labute approximate surface area is 139 Å². The van der Waals surface area contributed by atoms with E-state index in [9.17, 15) is 0 Å². The van der Waals surface area contributed by atoms with E-state index in [0.717, 1.165) is 39.5 Å². The summed E-state index contributed by atoms with van der Waals surface area (Å²) in [5.74, 6) is 1.62. The average molecular weight is 318 g/mol. The van der Waals surface area contributed by atoms with Gasteiger partial charge in [0.05, 0.1) is 23.3 Å². The summed E-state index contributed by atoms with van der Waals surface area (Å²) in [6.07, 6.45) is 2.05. The highest BCUT2D eigenvalue weighted by Crippen LogP contribution is 2.27. The van der Waals surface area contributed by atoms with Crippen LogP contribution in [0.4, 0.5) is 5.82 Å². The standard InChI is InChI=1S/C19H18N4O/c1-3-24-14-8-6-7-13(11-14)16-12-23-17-10-5-4-9-15(17)21-18(20-2)19(23)22-16/h4-12H,3H2,1-2H3,(H,20,21). The molecule has 0 fully saturated rings. The Kier molecular flexibility index (Phi) is 3.54. The predicted octanol–water partition coefficient (Wildman–Crippen LogP) is 3.99. The summed E-state index contributed by atoms with van der Waals surface area (Å²) in [4.78, 5) is 9.44. The third-order valence-electron chi connectivity index (χ3n) is 3.97. The lowest BCUT2D eigenvalue weighted by molar-refractivity contribution is 0.340. The van der Waals surface area contributed by atoms with E-state index in [2.05, 4.69) is 20.8 Å². The van der Waals surface area contributed by atoms with Crippen molar-refractivity contribution in [2.24, 2.45) is 0 Å². The molecule has 0 radical (unpaired) electrons. The normalized spacial score (nSPS) is 11.1. The molecule has 0 aliphatic carbocycles. The van der Waals surface area contributed by atoms with Gasteiger partial charge in [-0.1, -0.05) is 24.3 Å². The molecule has 0 saturated carbocycles. The number of anilines is 1. The molecule has 4 rings (SSSR count). The molecule has 5 heteroatoms. The zero-order chi connectivity index (χ0) is 16.5. The number of nitrogens with one attached hydrogen (secondary N) is 1. The molecule has 2 heterocycles. The van der Waals surface area contributed by atoms with Gasteiger partial charge in [-0.05, 0) is 31.2 Å². The Bertz CT molecular complexity index is 1020. The molecule has 120 valence electrons. The van der Waals surface area contributed by atoms with Crippen LogP contribution in [-0.2, 0) is 0 Å². The van der Waals surface area contributed by atoms with Crippen molar-refractivity contribution in [3.63, 3.8) is 0 Å². The summed E-state index contributed by atoms with van der Waals surface area (Å²) in [6, 6.07) is 16.1. The second-order valence-electron chi connectivity index (χ2n) is 5.48. The smallest absolute Gasteiger partial charge is 0.181 e. The second kappa shape index (κ2) is 5.85. The molecule has 0 amide bonds. The fourth-order valence-corrected chi connectivity index (χ4v) is 2.88. The molecule has 24 heavy (non-hydrogen) atoms. The molecular weight excluding hydrogens is 300 g/mol. The van der Waals surface area contributed by atoms with Gasteiger partial charge >= 0.3 is 0 Å². The molecule has 0 bridgehead atoms. The number of nitrogens with zero attached hydrogens (tertiary/aromatic N) is 3. The molecule has 2 aromatic carbocycles. The van der Waals surface area contributed by atoms with Crippen molar-refractivity contribution < 1.29 is 4.74 Å². The molecule has 4 aromatic rings. The molecular formula is C19H18N4O. The number of rotatable bonds is 4. The zero-order valence-corrected chi connectivity index (χ0v) is 13.7. The van der Waals surface area contributed by atoms with Crippen molar-refractivity contribution in [2.45, 2.75) is 6.92 Å². The van der Waals surface area contributed by atoms with E-state index in [1.807, 2.05) is 62.6 Å². The summed E-state index contributed by atoms with van der Waals surface area (Å²) in [5, 5.41) is 3.14. The highest BCUT2D eigenvalue weighted by Gasteiger charge is 2.12. The van der Waals surface area contributed by atoms with E-state index >= 15 is 0 Å². The minimum atomic E-state index is 0.646. The highest BCUT2D eigenvalue weighted by molar-refractivity contribution is 5.84. The molecule has 5 nitrogen and oxygen atoms in total. The number of aromatic nitrogens is 3. The lowest BCUT2D eigenvalue weighted by Gasteiger charge is -2.05. The Morgan fingerprint density at radius 3 is 2.79 bits per heavy atom. The van der Waals surface area contributed by atoms with Crippen molar-refractivity contribution in [1.82, 2.24) is 14.4 Å². The monoisotopic (exact) mass is 318 g/mol. The van der Waals surface area contributed by atoms with Gasteiger partial charge in [0.25, 0.3) is 0 Å². The first-order valence-corrected chi connectivity index (χ1v) is 7.99. The van der Waals surface area contributed by atoms with E-state index in [-0.39, 0.29) is 0 Å². The van der Waals surface area contributed by atoms with Crippen LogP contribution in [0, 0.1) is 0 Å². The lowest BCUT2D eigenvalue weighted by atomic mass is 10.1. The van der Waals surface area contributed by atoms with Crippen molar-refractivity contribution in [1.29, 1.82) is 0 Å². The van der Waals surface area contributed by atoms with Crippen molar-refractivity contribution >= 4 is 22.5 Å². The Hall–Kier alpha value is -3.08. The maximum absolute atomic E-state index is 5.60. The first kappa shape index (κ1) is 14.5. The van der Waals surface area contributed by atoms with Gasteiger partial charge < -0.3 is 10.1 Å². The van der Waals surface area contributed by atoms with E-state index < -0.39 is 0 Å². The van der Waals surface area contributed by atoms with Gasteiger partial charge in [-0.25, -0.2) is 9.97 Å². The third-order valence-corrected chi connectivity index (χ3v) is 3.97. The maximum Gasteiger partial charge on any atom is 0.181 e. The van der Waals surface area contributed by atoms with Crippen LogP contribution in [0.3, 0.4) is 0 Å². The molecule has 0 aliphatic heterocycles. The van der Waals surface area contributed by atoms with E-state index in [4.69, 9.17) is 9.72 Å². The minimum absolute atomic E-state index is 0.646. The summed E-state index contributed by atoms with van der Waals surface area (Å²) in [5.41, 5.74) is 4.70. The number of ether oxygens (including phenoxy) is 1.